The highest BCUT2D eigenvalue weighted by atomic mass is 32.2. The van der Waals surface area contributed by atoms with Gasteiger partial charge in [0.15, 0.2) is 5.43 Å². The summed E-state index contributed by atoms with van der Waals surface area (Å²) in [4.78, 5) is 30.2. The topological polar surface area (TPSA) is 76.3 Å². The molecule has 0 bridgehead atoms. The zero-order chi connectivity index (χ0) is 24.1. The molecule has 0 aliphatic carbocycles. The van der Waals surface area contributed by atoms with E-state index in [2.05, 4.69) is 24.0 Å². The molecule has 8 heteroatoms. The zero-order valence-electron chi connectivity index (χ0n) is 19.7. The number of thioether (sulfide) groups is 1. The molecule has 2 aromatic heterocycles. The molecule has 1 amide bonds. The van der Waals surface area contributed by atoms with Crippen LogP contribution in [0.4, 0.5) is 5.13 Å². The van der Waals surface area contributed by atoms with Crippen molar-refractivity contribution < 1.29 is 9.21 Å². The Kier molecular flexibility index (Phi) is 5.81. The van der Waals surface area contributed by atoms with Gasteiger partial charge in [0.05, 0.1) is 17.0 Å². The minimum absolute atomic E-state index is 0.0836. The summed E-state index contributed by atoms with van der Waals surface area (Å²) in [6.07, 6.45) is 2.79. The average Bonchev–Trinajstić information content (AvgIpc) is 3.37. The highest BCUT2D eigenvalue weighted by Gasteiger charge is 2.45. The molecule has 0 N–H and O–H groups in total. The maximum absolute atomic E-state index is 13.8. The number of fused-ring (bicyclic) bond motifs is 2. The summed E-state index contributed by atoms with van der Waals surface area (Å²) in [5, 5.41) is 10.5. The van der Waals surface area contributed by atoms with Crippen LogP contribution in [0.15, 0.2) is 50.5 Å². The molecule has 6 nitrogen and oxygen atoms in total. The Bertz CT molecular complexity index is 1470. The van der Waals surface area contributed by atoms with Crippen molar-refractivity contribution in [2.24, 2.45) is 5.92 Å². The van der Waals surface area contributed by atoms with Gasteiger partial charge in [0.25, 0.3) is 5.91 Å². The highest BCUT2D eigenvalue weighted by Crippen LogP contribution is 2.42. The van der Waals surface area contributed by atoms with Crippen LogP contribution < -0.4 is 10.3 Å². The smallest absolute Gasteiger partial charge is 0.297 e. The van der Waals surface area contributed by atoms with Gasteiger partial charge in [-0.25, -0.2) is 0 Å². The summed E-state index contributed by atoms with van der Waals surface area (Å²) in [7, 11) is 0. The van der Waals surface area contributed by atoms with Gasteiger partial charge >= 0.3 is 0 Å². The maximum Gasteiger partial charge on any atom is 0.297 e. The highest BCUT2D eigenvalue weighted by molar-refractivity contribution is 7.98. The molecule has 0 saturated carbocycles. The number of aromatic nitrogens is 2. The largest absolute Gasteiger partial charge is 0.450 e. The first-order valence-electron chi connectivity index (χ1n) is 11.2. The van der Waals surface area contributed by atoms with Gasteiger partial charge in [0.1, 0.15) is 10.6 Å². The summed E-state index contributed by atoms with van der Waals surface area (Å²) >= 11 is 3.03. The molecule has 34 heavy (non-hydrogen) atoms. The van der Waals surface area contributed by atoms with Crippen molar-refractivity contribution in [1.82, 2.24) is 10.2 Å². The van der Waals surface area contributed by atoms with Crippen LogP contribution >= 0.6 is 23.1 Å². The summed E-state index contributed by atoms with van der Waals surface area (Å²) in [6, 6.07) is 11.0. The molecule has 3 heterocycles. The zero-order valence-corrected chi connectivity index (χ0v) is 21.3. The first kappa shape index (κ1) is 22.8. The molecule has 1 atom stereocenters. The van der Waals surface area contributed by atoms with E-state index >= 15 is 0 Å². The number of amides is 1. The molecule has 1 unspecified atom stereocenters. The fourth-order valence-electron chi connectivity index (χ4n) is 4.30. The molecule has 1 aliphatic rings. The monoisotopic (exact) mass is 491 g/mol. The number of rotatable bonds is 5. The van der Waals surface area contributed by atoms with E-state index in [1.54, 1.807) is 16.7 Å². The van der Waals surface area contributed by atoms with Gasteiger partial charge in [0.2, 0.25) is 10.9 Å². The van der Waals surface area contributed by atoms with Crippen LogP contribution in [0.1, 0.15) is 57.7 Å². The third kappa shape index (κ3) is 3.75. The van der Waals surface area contributed by atoms with Gasteiger partial charge in [-0.15, -0.1) is 22.0 Å². The van der Waals surface area contributed by atoms with E-state index in [0.29, 0.717) is 27.6 Å². The fraction of sp³-hybridized carbons (Fsp3) is 0.308. The van der Waals surface area contributed by atoms with Crippen LogP contribution in [0.25, 0.3) is 11.0 Å². The minimum Gasteiger partial charge on any atom is -0.450 e. The summed E-state index contributed by atoms with van der Waals surface area (Å²) < 4.78 is 6.11. The van der Waals surface area contributed by atoms with Crippen LogP contribution in [-0.4, -0.2) is 22.4 Å². The van der Waals surface area contributed by atoms with Gasteiger partial charge in [-0.2, -0.15) is 0 Å². The van der Waals surface area contributed by atoms with E-state index in [1.807, 2.05) is 56.5 Å². The molecule has 0 spiro atoms. The van der Waals surface area contributed by atoms with Crippen molar-refractivity contribution in [2.75, 3.05) is 11.2 Å². The van der Waals surface area contributed by atoms with Crippen molar-refractivity contribution in [3.63, 3.8) is 0 Å². The van der Waals surface area contributed by atoms with Crippen molar-refractivity contribution >= 4 is 45.1 Å². The lowest BCUT2D eigenvalue weighted by atomic mass is 9.97. The molecule has 1 aliphatic heterocycles. The van der Waals surface area contributed by atoms with Crippen molar-refractivity contribution in [3.05, 3.63) is 79.6 Å². The SMILES string of the molecule is CSc1ccc(C2c3c(oc4cc(C)c(C)cc4c3=O)C(=O)N2c2nnc(CC(C)C)s2)cc1. The summed E-state index contributed by atoms with van der Waals surface area (Å²) in [6.45, 7) is 8.16. The number of benzene rings is 2. The van der Waals surface area contributed by atoms with E-state index in [1.165, 1.54) is 11.3 Å². The van der Waals surface area contributed by atoms with E-state index < -0.39 is 6.04 Å². The van der Waals surface area contributed by atoms with Crippen LogP contribution in [0, 0.1) is 19.8 Å². The molecular formula is C26H25N3O3S2. The lowest BCUT2D eigenvalue weighted by Crippen LogP contribution is -2.29. The number of nitrogens with zero attached hydrogens (tertiary/aromatic N) is 3. The third-order valence-corrected chi connectivity index (χ3v) is 7.85. The van der Waals surface area contributed by atoms with Crippen LogP contribution in [0.3, 0.4) is 0 Å². The molecule has 174 valence electrons. The molecule has 0 saturated heterocycles. The number of hydrogen-bond acceptors (Lipinski definition) is 7. The minimum atomic E-state index is -0.625. The van der Waals surface area contributed by atoms with Crippen LogP contribution in [0.5, 0.6) is 0 Å². The Morgan fingerprint density at radius 2 is 1.79 bits per heavy atom. The Hall–Kier alpha value is -2.97. The molecule has 2 aromatic carbocycles. The van der Waals surface area contributed by atoms with Gasteiger partial charge in [-0.3, -0.25) is 14.5 Å². The number of hydrogen-bond donors (Lipinski definition) is 0. The maximum atomic E-state index is 13.8. The normalized spacial score (nSPS) is 15.5. The Morgan fingerprint density at radius 3 is 2.47 bits per heavy atom. The standard InChI is InChI=1S/C26H25N3O3S2/c1-13(2)10-20-27-28-26(34-20)29-22(16-6-8-17(33-5)9-7-16)21-23(30)18-11-14(3)15(4)12-19(18)32-24(21)25(29)31/h6-9,11-13,22H,10H2,1-5H3. The fourth-order valence-corrected chi connectivity index (χ4v) is 5.79. The van der Waals surface area contributed by atoms with Gasteiger partial charge in [-0.1, -0.05) is 37.3 Å². The number of carbonyl (C=O) groups excluding carboxylic acids is 1. The molecular weight excluding hydrogens is 466 g/mol. The van der Waals surface area contributed by atoms with Crippen molar-refractivity contribution in [1.29, 1.82) is 0 Å². The van der Waals surface area contributed by atoms with E-state index in [4.69, 9.17) is 4.42 Å². The number of anilines is 1. The van der Waals surface area contributed by atoms with Crippen LogP contribution in [-0.2, 0) is 6.42 Å². The summed E-state index contributed by atoms with van der Waals surface area (Å²) in [5.74, 6) is 0.140. The number of aryl methyl sites for hydroxylation is 2. The third-order valence-electron chi connectivity index (χ3n) is 6.16. The Labute approximate surface area is 206 Å². The van der Waals surface area contributed by atoms with Gasteiger partial charge in [0, 0.05) is 11.3 Å². The molecule has 4 aromatic rings. The number of carbonyl (C=O) groups is 1. The lowest BCUT2D eigenvalue weighted by molar-refractivity contribution is 0.0970. The Balaban J connectivity index is 1.74. The molecule has 0 fully saturated rings. The second-order valence-corrected chi connectivity index (χ2v) is 11.0. The first-order chi connectivity index (χ1) is 16.3. The van der Waals surface area contributed by atoms with E-state index in [0.717, 1.165) is 33.0 Å². The summed E-state index contributed by atoms with van der Waals surface area (Å²) in [5.41, 5.74) is 3.45. The van der Waals surface area contributed by atoms with Crippen LogP contribution in [0.2, 0.25) is 0 Å². The predicted octanol–water partition coefficient (Wildman–Crippen LogP) is 5.93. The van der Waals surface area contributed by atoms with Crippen molar-refractivity contribution in [3.8, 4) is 0 Å². The van der Waals surface area contributed by atoms with Crippen molar-refractivity contribution in [2.45, 2.75) is 45.1 Å². The lowest BCUT2D eigenvalue weighted by Gasteiger charge is -2.22. The predicted molar refractivity (Wildman–Crippen MR) is 137 cm³/mol. The van der Waals surface area contributed by atoms with E-state index in [9.17, 15) is 9.59 Å². The second kappa shape index (κ2) is 8.67. The first-order valence-corrected chi connectivity index (χ1v) is 13.2. The van der Waals surface area contributed by atoms with Gasteiger partial charge < -0.3 is 4.42 Å². The van der Waals surface area contributed by atoms with Gasteiger partial charge in [-0.05, 0) is 67.0 Å². The quantitative estimate of drug-likeness (QED) is 0.322. The molecule has 5 rings (SSSR count). The Morgan fingerprint density at radius 1 is 1.09 bits per heavy atom. The molecule has 0 radical (unpaired) electrons. The van der Waals surface area contributed by atoms with E-state index in [-0.39, 0.29) is 17.1 Å². The average molecular weight is 492 g/mol. The second-order valence-electron chi connectivity index (χ2n) is 9.03.